The number of aromatic nitrogens is 5. The second-order valence-corrected chi connectivity index (χ2v) is 9.63. The van der Waals surface area contributed by atoms with E-state index >= 15 is 0 Å². The predicted molar refractivity (Wildman–Crippen MR) is 136 cm³/mol. The number of thioether (sulfide) groups is 1. The van der Waals surface area contributed by atoms with Crippen LogP contribution in [0, 0.1) is 0 Å². The molecule has 3 aromatic heterocycles. The number of nitrogens with one attached hydrogen (secondary N) is 1. The number of nitrogens with zero attached hydrogens (tertiary/aromatic N) is 5. The number of para-hydroxylation sites is 1. The number of hydrogen-bond acceptors (Lipinski definition) is 9. The zero-order chi connectivity index (χ0) is 24.8. The Morgan fingerprint density at radius 1 is 1.17 bits per heavy atom. The summed E-state index contributed by atoms with van der Waals surface area (Å²) >= 11 is 2.54. The Labute approximate surface area is 211 Å². The minimum Gasteiger partial charge on any atom is -0.469 e. The summed E-state index contributed by atoms with van der Waals surface area (Å²) in [5.74, 6) is 0.431. The Morgan fingerprint density at radius 3 is 2.74 bits per heavy atom. The van der Waals surface area contributed by atoms with Crippen molar-refractivity contribution in [2.75, 3.05) is 18.2 Å². The maximum absolute atomic E-state index is 12.6. The van der Waals surface area contributed by atoms with Crippen LogP contribution >= 0.6 is 23.1 Å². The number of ether oxygens (including phenoxy) is 1. The van der Waals surface area contributed by atoms with Gasteiger partial charge in [-0.05, 0) is 29.7 Å². The molecule has 0 atom stereocenters. The number of esters is 1. The molecule has 0 aliphatic carbocycles. The summed E-state index contributed by atoms with van der Waals surface area (Å²) in [7, 11) is 1.33. The van der Waals surface area contributed by atoms with Crippen molar-refractivity contribution in [2.45, 2.75) is 31.3 Å². The molecule has 4 rings (SSSR count). The first-order valence-corrected chi connectivity index (χ1v) is 12.7. The molecule has 1 N–H and O–H groups in total. The molecule has 0 saturated carbocycles. The molecule has 0 radical (unpaired) electrons. The van der Waals surface area contributed by atoms with Crippen LogP contribution in [0.5, 0.6) is 0 Å². The quantitative estimate of drug-likeness (QED) is 0.262. The van der Waals surface area contributed by atoms with E-state index in [9.17, 15) is 9.59 Å². The van der Waals surface area contributed by atoms with Gasteiger partial charge in [0, 0.05) is 23.3 Å². The number of pyridine rings is 1. The first-order chi connectivity index (χ1) is 17.0. The smallest absolute Gasteiger partial charge is 0.311 e. The van der Waals surface area contributed by atoms with E-state index in [1.165, 1.54) is 30.2 Å². The number of carbonyl (C=O) groups excluding carboxylic acids is 2. The third kappa shape index (κ3) is 5.92. The third-order valence-corrected chi connectivity index (χ3v) is 6.77. The maximum atomic E-state index is 12.6. The average Bonchev–Trinajstić information content (AvgIpc) is 3.49. The number of carbonyl (C=O) groups is 2. The normalized spacial score (nSPS) is 11.0. The molecule has 0 aliphatic rings. The lowest BCUT2D eigenvalue weighted by Crippen LogP contribution is -2.15. The summed E-state index contributed by atoms with van der Waals surface area (Å²) in [5, 5.41) is 14.4. The number of methoxy groups -OCH3 is 1. The summed E-state index contributed by atoms with van der Waals surface area (Å²) in [6, 6.07) is 11.9. The van der Waals surface area contributed by atoms with E-state index in [0.717, 1.165) is 16.8 Å². The Kier molecular flexibility index (Phi) is 7.88. The number of amides is 1. The molecular formula is C24H24N6O3S2. The fraction of sp³-hybridized carbons (Fsp3) is 0.250. The molecule has 9 nitrogen and oxygen atoms in total. The fourth-order valence-electron chi connectivity index (χ4n) is 3.39. The van der Waals surface area contributed by atoms with Crippen LogP contribution in [0.2, 0.25) is 0 Å². The summed E-state index contributed by atoms with van der Waals surface area (Å²) in [6.45, 7) is 4.27. The van der Waals surface area contributed by atoms with Crippen molar-refractivity contribution < 1.29 is 14.3 Å². The predicted octanol–water partition coefficient (Wildman–Crippen LogP) is 4.36. The van der Waals surface area contributed by atoms with Gasteiger partial charge in [-0.25, -0.2) is 4.98 Å². The van der Waals surface area contributed by atoms with Crippen LogP contribution < -0.4 is 5.32 Å². The summed E-state index contributed by atoms with van der Waals surface area (Å²) < 4.78 is 6.63. The topological polar surface area (TPSA) is 112 Å². The Hall–Kier alpha value is -3.57. The van der Waals surface area contributed by atoms with Crippen LogP contribution in [-0.2, 0) is 20.7 Å². The molecule has 35 heavy (non-hydrogen) atoms. The largest absolute Gasteiger partial charge is 0.469 e. The first-order valence-electron chi connectivity index (χ1n) is 10.8. The number of rotatable bonds is 9. The van der Waals surface area contributed by atoms with Crippen molar-refractivity contribution >= 4 is 40.1 Å². The molecule has 0 fully saturated rings. The lowest BCUT2D eigenvalue weighted by molar-refractivity contribution is -0.139. The fourth-order valence-corrected chi connectivity index (χ4v) is 4.86. The van der Waals surface area contributed by atoms with Gasteiger partial charge in [0.25, 0.3) is 0 Å². The van der Waals surface area contributed by atoms with Crippen LogP contribution in [0.3, 0.4) is 0 Å². The van der Waals surface area contributed by atoms with E-state index in [4.69, 9.17) is 0 Å². The van der Waals surface area contributed by atoms with Crippen LogP contribution in [0.1, 0.15) is 31.0 Å². The maximum Gasteiger partial charge on any atom is 0.311 e. The highest BCUT2D eigenvalue weighted by molar-refractivity contribution is 7.99. The molecule has 11 heteroatoms. The number of benzene rings is 1. The molecule has 4 aromatic rings. The Bertz CT molecular complexity index is 1320. The molecule has 1 aromatic carbocycles. The summed E-state index contributed by atoms with van der Waals surface area (Å²) in [6.07, 6.45) is 3.52. The standard InChI is InChI=1S/C24H24N6O3S2/c1-15(2)18-8-4-5-9-19(18)30-22(16-7-6-10-25-12-16)28-29-24(30)35-14-20(31)27-23-26-17(13-34-23)11-21(32)33-3/h4-10,12-13,15H,11,14H2,1-3H3,(H,26,27,31). The van der Waals surface area contributed by atoms with E-state index in [1.807, 2.05) is 34.9 Å². The van der Waals surface area contributed by atoms with Crippen molar-refractivity contribution in [3.8, 4) is 17.1 Å². The van der Waals surface area contributed by atoms with Gasteiger partial charge in [-0.2, -0.15) is 0 Å². The lowest BCUT2D eigenvalue weighted by atomic mass is 10.0. The third-order valence-electron chi connectivity index (χ3n) is 5.04. The molecule has 0 saturated heterocycles. The van der Waals surface area contributed by atoms with Crippen molar-refractivity contribution in [3.05, 3.63) is 65.4 Å². The molecule has 0 spiro atoms. The highest BCUT2D eigenvalue weighted by Gasteiger charge is 2.20. The number of hydrogen-bond donors (Lipinski definition) is 1. The SMILES string of the molecule is COC(=O)Cc1csc(NC(=O)CSc2nnc(-c3cccnc3)n2-c2ccccc2C(C)C)n1. The van der Waals surface area contributed by atoms with Crippen molar-refractivity contribution in [1.82, 2.24) is 24.7 Å². The van der Waals surface area contributed by atoms with Crippen molar-refractivity contribution in [2.24, 2.45) is 0 Å². The molecule has 3 heterocycles. The van der Waals surface area contributed by atoms with Crippen LogP contribution in [0.4, 0.5) is 5.13 Å². The van der Waals surface area contributed by atoms with Gasteiger partial charge in [0.2, 0.25) is 5.91 Å². The number of anilines is 1. The van der Waals surface area contributed by atoms with Gasteiger partial charge in [0.15, 0.2) is 16.1 Å². The highest BCUT2D eigenvalue weighted by atomic mass is 32.2. The van der Waals surface area contributed by atoms with Crippen LogP contribution in [0.25, 0.3) is 17.1 Å². The van der Waals surface area contributed by atoms with Gasteiger partial charge < -0.3 is 10.1 Å². The first kappa shape index (κ1) is 24.6. The van der Waals surface area contributed by atoms with Crippen LogP contribution in [-0.4, -0.2) is 49.5 Å². The summed E-state index contributed by atoms with van der Waals surface area (Å²) in [4.78, 5) is 32.6. The molecule has 0 unspecified atom stereocenters. The van der Waals surface area contributed by atoms with Gasteiger partial charge >= 0.3 is 5.97 Å². The second-order valence-electron chi connectivity index (χ2n) is 7.83. The highest BCUT2D eigenvalue weighted by Crippen LogP contribution is 2.32. The molecule has 0 aliphatic heterocycles. The Morgan fingerprint density at radius 2 is 2.00 bits per heavy atom. The van der Waals surface area contributed by atoms with Gasteiger partial charge in [-0.3, -0.25) is 19.1 Å². The van der Waals surface area contributed by atoms with E-state index in [1.54, 1.807) is 17.8 Å². The van der Waals surface area contributed by atoms with Crippen molar-refractivity contribution in [3.63, 3.8) is 0 Å². The van der Waals surface area contributed by atoms with E-state index in [2.05, 4.69) is 50.1 Å². The lowest BCUT2D eigenvalue weighted by Gasteiger charge is -2.16. The molecule has 1 amide bonds. The number of thiazole rings is 1. The zero-order valence-electron chi connectivity index (χ0n) is 19.5. The van der Waals surface area contributed by atoms with Gasteiger partial charge in [-0.15, -0.1) is 21.5 Å². The second kappa shape index (κ2) is 11.2. The van der Waals surface area contributed by atoms with Gasteiger partial charge in [0.1, 0.15) is 0 Å². The van der Waals surface area contributed by atoms with E-state index in [0.29, 0.717) is 21.8 Å². The molecule has 180 valence electrons. The minimum atomic E-state index is -0.380. The monoisotopic (exact) mass is 508 g/mol. The summed E-state index contributed by atoms with van der Waals surface area (Å²) in [5.41, 5.74) is 3.48. The van der Waals surface area contributed by atoms with Crippen molar-refractivity contribution in [1.29, 1.82) is 0 Å². The zero-order valence-corrected chi connectivity index (χ0v) is 21.1. The van der Waals surface area contributed by atoms with Crippen LogP contribution in [0.15, 0.2) is 59.3 Å². The molecular weight excluding hydrogens is 484 g/mol. The average molecular weight is 509 g/mol. The Balaban J connectivity index is 1.56. The minimum absolute atomic E-state index is 0.0626. The molecule has 0 bridgehead atoms. The van der Waals surface area contributed by atoms with E-state index in [-0.39, 0.29) is 30.0 Å². The van der Waals surface area contributed by atoms with E-state index < -0.39 is 0 Å². The van der Waals surface area contributed by atoms with Gasteiger partial charge in [-0.1, -0.05) is 43.8 Å². The van der Waals surface area contributed by atoms with Gasteiger partial charge in [0.05, 0.1) is 30.7 Å².